The number of carbonyl (C=O) groups is 1. The second-order valence-corrected chi connectivity index (χ2v) is 6.05. The number of morpholine rings is 1. The number of nitrogens with zero attached hydrogens (tertiary/aromatic N) is 2. The van der Waals surface area contributed by atoms with E-state index in [1.807, 2.05) is 37.3 Å². The molecule has 7 nitrogen and oxygen atoms in total. The average Bonchev–Trinajstić information content (AvgIpc) is 2.68. The van der Waals surface area contributed by atoms with Crippen molar-refractivity contribution in [1.82, 2.24) is 15.5 Å². The van der Waals surface area contributed by atoms with Crippen LogP contribution in [0.1, 0.15) is 18.5 Å². The monoisotopic (exact) mass is 358 g/mol. The lowest BCUT2D eigenvalue weighted by Gasteiger charge is -2.26. The lowest BCUT2D eigenvalue weighted by molar-refractivity contribution is -0.117. The summed E-state index contributed by atoms with van der Waals surface area (Å²) in [6, 6.07) is 9.20. The molecule has 140 valence electrons. The first-order chi connectivity index (χ1) is 12.6. The van der Waals surface area contributed by atoms with Crippen molar-refractivity contribution in [1.29, 1.82) is 5.26 Å². The van der Waals surface area contributed by atoms with E-state index in [4.69, 9.17) is 9.47 Å². The van der Waals surface area contributed by atoms with Crippen molar-refractivity contribution in [2.45, 2.75) is 13.0 Å². The van der Waals surface area contributed by atoms with Gasteiger partial charge in [-0.25, -0.2) is 0 Å². The topological polar surface area (TPSA) is 86.6 Å². The lowest BCUT2D eigenvalue weighted by atomic mass is 10.1. The van der Waals surface area contributed by atoms with Crippen molar-refractivity contribution < 1.29 is 14.3 Å². The number of amides is 1. The van der Waals surface area contributed by atoms with Crippen molar-refractivity contribution in [2.75, 3.05) is 46.5 Å². The molecule has 1 fully saturated rings. The molecule has 0 saturated carbocycles. The number of hydrogen-bond acceptors (Lipinski definition) is 6. The van der Waals surface area contributed by atoms with Crippen LogP contribution >= 0.6 is 0 Å². The second-order valence-electron chi connectivity index (χ2n) is 6.05. The zero-order chi connectivity index (χ0) is 18.8. The third-order valence-corrected chi connectivity index (χ3v) is 4.25. The molecule has 1 aliphatic heterocycles. The number of rotatable bonds is 8. The highest BCUT2D eigenvalue weighted by atomic mass is 16.5. The first kappa shape index (κ1) is 19.8. The van der Waals surface area contributed by atoms with E-state index in [-0.39, 0.29) is 11.6 Å². The number of nitrogens with one attached hydrogen (secondary N) is 2. The van der Waals surface area contributed by atoms with Crippen LogP contribution in [-0.2, 0) is 9.53 Å². The quantitative estimate of drug-likeness (QED) is 0.413. The maximum Gasteiger partial charge on any atom is 0.263 e. The van der Waals surface area contributed by atoms with E-state index in [9.17, 15) is 10.1 Å². The summed E-state index contributed by atoms with van der Waals surface area (Å²) in [4.78, 5) is 14.6. The van der Waals surface area contributed by atoms with Crippen LogP contribution in [0, 0.1) is 11.3 Å². The lowest BCUT2D eigenvalue weighted by Crippen LogP contribution is -2.39. The van der Waals surface area contributed by atoms with Gasteiger partial charge in [0.05, 0.1) is 26.4 Å². The van der Waals surface area contributed by atoms with Crippen molar-refractivity contribution in [3.8, 4) is 11.8 Å². The third-order valence-electron chi connectivity index (χ3n) is 4.25. The van der Waals surface area contributed by atoms with Gasteiger partial charge < -0.3 is 20.1 Å². The predicted octanol–water partition coefficient (Wildman–Crippen LogP) is 1.20. The summed E-state index contributed by atoms with van der Waals surface area (Å²) < 4.78 is 10.4. The molecular formula is C19H26N4O3. The van der Waals surface area contributed by atoms with Crippen molar-refractivity contribution in [3.63, 3.8) is 0 Å². The third kappa shape index (κ3) is 6.06. The minimum atomic E-state index is -0.394. The SMILES string of the molecule is COc1ccc(C(C)NC(=O)/C(C#N)=C\NCCN2CCOCC2)cc1. The van der Waals surface area contributed by atoms with E-state index in [0.29, 0.717) is 6.54 Å². The Balaban J connectivity index is 1.81. The van der Waals surface area contributed by atoms with Crippen LogP contribution in [0.25, 0.3) is 0 Å². The minimum absolute atomic E-state index is 0.0624. The van der Waals surface area contributed by atoms with E-state index >= 15 is 0 Å². The highest BCUT2D eigenvalue weighted by Crippen LogP contribution is 2.17. The summed E-state index contributed by atoms with van der Waals surface area (Å²) in [5.74, 6) is 0.365. The molecule has 2 rings (SSSR count). The number of methoxy groups -OCH3 is 1. The van der Waals surface area contributed by atoms with Gasteiger partial charge in [-0.05, 0) is 24.6 Å². The van der Waals surface area contributed by atoms with Gasteiger partial charge in [0.25, 0.3) is 5.91 Å². The van der Waals surface area contributed by atoms with Gasteiger partial charge in [-0.2, -0.15) is 5.26 Å². The van der Waals surface area contributed by atoms with Crippen molar-refractivity contribution >= 4 is 5.91 Å². The van der Waals surface area contributed by atoms with E-state index in [0.717, 1.165) is 44.2 Å². The minimum Gasteiger partial charge on any atom is -0.497 e. The molecule has 0 spiro atoms. The summed E-state index contributed by atoms with van der Waals surface area (Å²) in [6.07, 6.45) is 1.48. The summed E-state index contributed by atoms with van der Waals surface area (Å²) in [5, 5.41) is 15.1. The van der Waals surface area contributed by atoms with Crippen LogP contribution in [-0.4, -0.2) is 57.3 Å². The second kappa shape index (κ2) is 10.4. The molecule has 1 amide bonds. The molecular weight excluding hydrogens is 332 g/mol. The number of benzene rings is 1. The molecule has 1 aromatic carbocycles. The van der Waals surface area contributed by atoms with E-state index < -0.39 is 5.91 Å². The van der Waals surface area contributed by atoms with Crippen LogP contribution in [0.5, 0.6) is 5.75 Å². The normalized spacial score (nSPS) is 16.4. The molecule has 0 aliphatic carbocycles. The van der Waals surface area contributed by atoms with Gasteiger partial charge in [-0.15, -0.1) is 0 Å². The molecule has 2 N–H and O–H groups in total. The molecule has 0 radical (unpaired) electrons. The Labute approximate surface area is 154 Å². The molecule has 1 saturated heterocycles. The molecule has 1 heterocycles. The van der Waals surface area contributed by atoms with Crippen LogP contribution in [0.4, 0.5) is 0 Å². The first-order valence-corrected chi connectivity index (χ1v) is 8.72. The highest BCUT2D eigenvalue weighted by molar-refractivity contribution is 5.97. The van der Waals surface area contributed by atoms with Crippen LogP contribution in [0.2, 0.25) is 0 Å². The fourth-order valence-corrected chi connectivity index (χ4v) is 2.62. The summed E-state index contributed by atoms with van der Waals surface area (Å²) in [7, 11) is 1.61. The van der Waals surface area contributed by atoms with Crippen LogP contribution in [0.3, 0.4) is 0 Å². The van der Waals surface area contributed by atoms with Gasteiger partial charge in [0.1, 0.15) is 17.4 Å². The molecule has 0 aromatic heterocycles. The molecule has 1 unspecified atom stereocenters. The van der Waals surface area contributed by atoms with Gasteiger partial charge >= 0.3 is 0 Å². The summed E-state index contributed by atoms with van der Waals surface area (Å²) >= 11 is 0. The van der Waals surface area contributed by atoms with E-state index in [1.165, 1.54) is 6.20 Å². The molecule has 1 aromatic rings. The Morgan fingerprint density at radius 2 is 2.08 bits per heavy atom. The van der Waals surface area contributed by atoms with E-state index in [1.54, 1.807) is 7.11 Å². The maximum atomic E-state index is 12.3. The highest BCUT2D eigenvalue weighted by Gasteiger charge is 2.14. The Bertz CT molecular complexity index is 646. The largest absolute Gasteiger partial charge is 0.497 e. The van der Waals surface area contributed by atoms with Crippen LogP contribution < -0.4 is 15.4 Å². The fraction of sp³-hybridized carbons (Fsp3) is 0.474. The predicted molar refractivity (Wildman–Crippen MR) is 98.5 cm³/mol. The zero-order valence-corrected chi connectivity index (χ0v) is 15.3. The van der Waals surface area contributed by atoms with Gasteiger partial charge in [-0.1, -0.05) is 12.1 Å². The smallest absolute Gasteiger partial charge is 0.263 e. The maximum absolute atomic E-state index is 12.3. The molecule has 7 heteroatoms. The van der Waals surface area contributed by atoms with Gasteiger partial charge in [0, 0.05) is 32.4 Å². The van der Waals surface area contributed by atoms with Gasteiger partial charge in [0.15, 0.2) is 0 Å². The first-order valence-electron chi connectivity index (χ1n) is 8.72. The molecule has 1 atom stereocenters. The van der Waals surface area contributed by atoms with Crippen LogP contribution in [0.15, 0.2) is 36.0 Å². The van der Waals surface area contributed by atoms with Crippen molar-refractivity contribution in [2.24, 2.45) is 0 Å². The standard InChI is InChI=1S/C19H26N4O3/c1-15(16-3-5-18(25-2)6-4-16)22-19(24)17(13-20)14-21-7-8-23-9-11-26-12-10-23/h3-6,14-15,21H,7-12H2,1-2H3,(H,22,24)/b17-14-. The molecule has 26 heavy (non-hydrogen) atoms. The number of carbonyl (C=O) groups excluding carboxylic acids is 1. The summed E-state index contributed by atoms with van der Waals surface area (Å²) in [5.41, 5.74) is 1.00. The van der Waals surface area contributed by atoms with E-state index in [2.05, 4.69) is 15.5 Å². The Morgan fingerprint density at radius 1 is 1.38 bits per heavy atom. The van der Waals surface area contributed by atoms with Gasteiger partial charge in [0.2, 0.25) is 0 Å². The fourth-order valence-electron chi connectivity index (χ4n) is 2.62. The zero-order valence-electron chi connectivity index (χ0n) is 15.3. The number of nitriles is 1. The molecule has 1 aliphatic rings. The Morgan fingerprint density at radius 3 is 2.69 bits per heavy atom. The Kier molecular flexibility index (Phi) is 7.93. The molecule has 0 bridgehead atoms. The Hall–Kier alpha value is -2.56. The van der Waals surface area contributed by atoms with Crippen molar-refractivity contribution in [3.05, 3.63) is 41.6 Å². The average molecular weight is 358 g/mol. The number of ether oxygens (including phenoxy) is 2. The van der Waals surface area contributed by atoms with Gasteiger partial charge in [-0.3, -0.25) is 9.69 Å². The number of hydrogen-bond donors (Lipinski definition) is 2. The summed E-state index contributed by atoms with van der Waals surface area (Å²) in [6.45, 7) is 6.73.